The molecule has 2 nitrogen and oxygen atoms in total. The maximum Gasteiger partial charge on any atom is 0.0321 e. The van der Waals surface area contributed by atoms with Gasteiger partial charge in [0.2, 0.25) is 0 Å². The Labute approximate surface area is 268 Å². The van der Waals surface area contributed by atoms with Crippen LogP contribution in [0.1, 0.15) is 252 Å². The van der Waals surface area contributed by atoms with Crippen LogP contribution in [0.15, 0.2) is 0 Å². The molecule has 0 saturated carbocycles. The van der Waals surface area contributed by atoms with Gasteiger partial charge in [0.1, 0.15) is 0 Å². The van der Waals surface area contributed by atoms with Gasteiger partial charge in [-0.1, -0.05) is 233 Å². The molecule has 42 heavy (non-hydrogen) atoms. The molecule has 0 bridgehead atoms. The average Bonchev–Trinajstić information content (AvgIpc) is 3.00. The molecule has 0 radical (unpaired) electrons. The van der Waals surface area contributed by atoms with Gasteiger partial charge < -0.3 is 0 Å². The Kier molecular flexibility index (Phi) is 35.3. The van der Waals surface area contributed by atoms with Crippen molar-refractivity contribution >= 4 is 0 Å². The Morgan fingerprint density at radius 2 is 0.500 bits per heavy atom. The van der Waals surface area contributed by atoms with Crippen molar-refractivity contribution in [2.24, 2.45) is 5.84 Å². The summed E-state index contributed by atoms with van der Waals surface area (Å²) in [5.41, 5.74) is 3.52. The zero-order valence-corrected chi connectivity index (χ0v) is 30.0. The molecule has 254 valence electrons. The molecular weight excluding hydrogens is 508 g/mol. The van der Waals surface area contributed by atoms with Gasteiger partial charge in [0.15, 0.2) is 0 Å². The molecule has 0 rings (SSSR count). The van der Waals surface area contributed by atoms with Gasteiger partial charge in [-0.05, 0) is 19.3 Å². The molecule has 0 fully saturated rings. The van der Waals surface area contributed by atoms with Crippen LogP contribution in [0.5, 0.6) is 0 Å². The predicted octanol–water partition coefficient (Wildman–Crippen LogP) is 14.3. The number of hydrogen-bond donors (Lipinski definition) is 2. The van der Waals surface area contributed by atoms with Crippen molar-refractivity contribution in [3.05, 3.63) is 0 Å². The zero-order valence-electron chi connectivity index (χ0n) is 30.0. The van der Waals surface area contributed by atoms with Crippen LogP contribution in [-0.2, 0) is 0 Å². The molecule has 0 aromatic carbocycles. The molecular formula is C40H84N2. The van der Waals surface area contributed by atoms with Crippen LogP contribution in [0.2, 0.25) is 0 Å². The van der Waals surface area contributed by atoms with Gasteiger partial charge in [0.25, 0.3) is 0 Å². The highest BCUT2D eigenvalue weighted by Crippen LogP contribution is 2.27. The van der Waals surface area contributed by atoms with Crippen molar-refractivity contribution in [3.63, 3.8) is 0 Å². The first-order valence-electron chi connectivity index (χ1n) is 20.2. The third kappa shape index (κ3) is 30.0. The van der Waals surface area contributed by atoms with E-state index >= 15 is 0 Å². The van der Waals surface area contributed by atoms with Crippen LogP contribution < -0.4 is 11.3 Å². The molecule has 0 aliphatic heterocycles. The van der Waals surface area contributed by atoms with E-state index in [9.17, 15) is 0 Å². The van der Waals surface area contributed by atoms with Gasteiger partial charge in [-0.2, -0.15) is 0 Å². The quantitative estimate of drug-likeness (QED) is 0.0428. The fraction of sp³-hybridized carbons (Fsp3) is 1.00. The Morgan fingerprint density at radius 3 is 0.690 bits per heavy atom. The fourth-order valence-electron chi connectivity index (χ4n) is 7.09. The van der Waals surface area contributed by atoms with Crippen molar-refractivity contribution in [2.45, 2.75) is 257 Å². The van der Waals surface area contributed by atoms with E-state index in [4.69, 9.17) is 5.84 Å². The summed E-state index contributed by atoms with van der Waals surface area (Å²) in [6.45, 7) is 6.94. The van der Waals surface area contributed by atoms with E-state index in [1.54, 1.807) is 0 Å². The Morgan fingerprint density at radius 1 is 0.286 bits per heavy atom. The Hall–Kier alpha value is -0.0800. The predicted molar refractivity (Wildman–Crippen MR) is 193 cm³/mol. The molecule has 0 unspecified atom stereocenters. The van der Waals surface area contributed by atoms with Crippen LogP contribution in [0, 0.1) is 0 Å². The largest absolute Gasteiger partial charge is 0.271 e. The molecule has 0 aliphatic rings. The first-order chi connectivity index (χ1) is 20.7. The summed E-state index contributed by atoms with van der Waals surface area (Å²) in [5.74, 6) is 6.18. The number of nitrogens with one attached hydrogen (secondary N) is 1. The van der Waals surface area contributed by atoms with Crippen LogP contribution in [0.3, 0.4) is 0 Å². The first-order valence-corrected chi connectivity index (χ1v) is 20.2. The van der Waals surface area contributed by atoms with Crippen molar-refractivity contribution in [1.82, 2.24) is 5.43 Å². The monoisotopic (exact) mass is 593 g/mol. The third-order valence-electron chi connectivity index (χ3n) is 10.1. The van der Waals surface area contributed by atoms with Crippen molar-refractivity contribution in [3.8, 4) is 0 Å². The summed E-state index contributed by atoms with van der Waals surface area (Å²) in [7, 11) is 0. The molecule has 0 saturated heterocycles. The van der Waals surface area contributed by atoms with Gasteiger partial charge in [0.05, 0.1) is 0 Å². The van der Waals surface area contributed by atoms with Gasteiger partial charge in [-0.3, -0.25) is 11.3 Å². The summed E-state index contributed by atoms with van der Waals surface area (Å²) in [4.78, 5) is 0. The molecule has 0 aliphatic carbocycles. The van der Waals surface area contributed by atoms with E-state index in [2.05, 4.69) is 26.2 Å². The van der Waals surface area contributed by atoms with Gasteiger partial charge in [0, 0.05) is 5.54 Å². The number of rotatable bonds is 37. The van der Waals surface area contributed by atoms with Crippen LogP contribution in [-0.4, -0.2) is 5.54 Å². The highest BCUT2D eigenvalue weighted by Gasteiger charge is 2.26. The number of nitrogens with two attached hydrogens (primary N) is 1. The van der Waals surface area contributed by atoms with E-state index in [0.29, 0.717) is 0 Å². The lowest BCUT2D eigenvalue weighted by molar-refractivity contribution is 0.244. The maximum absolute atomic E-state index is 6.18. The molecule has 3 N–H and O–H groups in total. The molecule has 2 heteroatoms. The minimum atomic E-state index is 0.195. The Bertz CT molecular complexity index is 440. The van der Waals surface area contributed by atoms with Crippen LogP contribution in [0.4, 0.5) is 0 Å². The second-order valence-corrected chi connectivity index (χ2v) is 14.3. The summed E-state index contributed by atoms with van der Waals surface area (Å²) in [5, 5.41) is 0. The third-order valence-corrected chi connectivity index (χ3v) is 10.1. The van der Waals surface area contributed by atoms with Crippen molar-refractivity contribution in [1.29, 1.82) is 0 Å². The standard InChI is InChI=1S/C40H84N2/c1-4-7-9-11-13-15-17-19-21-23-25-27-29-31-33-35-38-40(42-41,37-6-3)39-36-34-32-30-28-26-24-22-20-18-16-14-12-10-8-5-2/h42H,4-39,41H2,1-3H3. The van der Waals surface area contributed by atoms with Crippen molar-refractivity contribution < 1.29 is 0 Å². The highest BCUT2D eigenvalue weighted by molar-refractivity contribution is 4.85. The normalized spacial score (nSPS) is 12.0. The van der Waals surface area contributed by atoms with Crippen LogP contribution in [0.25, 0.3) is 0 Å². The van der Waals surface area contributed by atoms with E-state index in [1.807, 2.05) is 0 Å². The van der Waals surface area contributed by atoms with Crippen LogP contribution >= 0.6 is 0 Å². The van der Waals surface area contributed by atoms with E-state index in [0.717, 1.165) is 0 Å². The second kappa shape index (κ2) is 35.4. The van der Waals surface area contributed by atoms with E-state index in [1.165, 1.54) is 231 Å². The fourth-order valence-corrected chi connectivity index (χ4v) is 7.09. The number of unbranched alkanes of at least 4 members (excludes halogenated alkanes) is 30. The van der Waals surface area contributed by atoms with E-state index < -0.39 is 0 Å². The summed E-state index contributed by atoms with van der Waals surface area (Å²) in [6, 6.07) is 0. The first kappa shape index (κ1) is 41.9. The minimum absolute atomic E-state index is 0.195. The SMILES string of the molecule is CCCCCCCCCCCCCCCCCCC(CCC)(CCCCCCCCCCCCCCCCCC)NN. The van der Waals surface area contributed by atoms with Gasteiger partial charge in [-0.25, -0.2) is 0 Å². The molecule has 0 amide bonds. The smallest absolute Gasteiger partial charge is 0.0321 e. The summed E-state index contributed by atoms with van der Waals surface area (Å²) >= 11 is 0. The molecule has 0 spiro atoms. The summed E-state index contributed by atoms with van der Waals surface area (Å²) in [6.07, 6.45) is 51.1. The Balaban J connectivity index is 3.61. The van der Waals surface area contributed by atoms with Gasteiger partial charge >= 0.3 is 0 Å². The lowest BCUT2D eigenvalue weighted by atomic mass is 9.83. The maximum atomic E-state index is 6.18. The highest BCUT2D eigenvalue weighted by atomic mass is 15.3. The van der Waals surface area contributed by atoms with Crippen molar-refractivity contribution in [2.75, 3.05) is 0 Å². The average molecular weight is 593 g/mol. The number of hydrazine groups is 1. The molecule has 0 atom stereocenters. The lowest BCUT2D eigenvalue weighted by Gasteiger charge is -2.33. The minimum Gasteiger partial charge on any atom is -0.271 e. The zero-order chi connectivity index (χ0) is 30.7. The number of hydrogen-bond acceptors (Lipinski definition) is 2. The second-order valence-electron chi connectivity index (χ2n) is 14.3. The van der Waals surface area contributed by atoms with Gasteiger partial charge in [-0.15, -0.1) is 0 Å². The topological polar surface area (TPSA) is 38.0 Å². The molecule has 0 aromatic heterocycles. The summed E-state index contributed by atoms with van der Waals surface area (Å²) < 4.78 is 0. The van der Waals surface area contributed by atoms with E-state index in [-0.39, 0.29) is 5.54 Å². The lowest BCUT2D eigenvalue weighted by Crippen LogP contribution is -2.49. The molecule has 0 aromatic rings. The molecule has 0 heterocycles.